The Kier molecular flexibility index (Phi) is 5.02. The van der Waals surface area contributed by atoms with Crippen LogP contribution in [-0.2, 0) is 0 Å². The molecule has 0 saturated carbocycles. The van der Waals surface area contributed by atoms with E-state index in [-0.39, 0.29) is 23.0 Å². The Bertz CT molecular complexity index is 849. The molecule has 1 saturated heterocycles. The predicted octanol–water partition coefficient (Wildman–Crippen LogP) is 2.55. The van der Waals surface area contributed by atoms with Gasteiger partial charge in [-0.2, -0.15) is 0 Å². The zero-order valence-electron chi connectivity index (χ0n) is 14.8. The van der Waals surface area contributed by atoms with Crippen molar-refractivity contribution in [3.05, 3.63) is 58.9 Å². The summed E-state index contributed by atoms with van der Waals surface area (Å²) in [5, 5.41) is 26.4. The van der Waals surface area contributed by atoms with Crippen LogP contribution in [0.5, 0.6) is 17.2 Å². The Morgan fingerprint density at radius 3 is 2.31 bits per heavy atom. The molecule has 1 aliphatic heterocycles. The normalized spacial score (nSPS) is 13.5. The number of benzene rings is 2. The first-order valence-corrected chi connectivity index (χ1v) is 8.45. The first-order valence-electron chi connectivity index (χ1n) is 8.45. The average Bonchev–Trinajstić information content (AvgIpc) is 2.66. The summed E-state index contributed by atoms with van der Waals surface area (Å²) in [7, 11) is 1.39. The summed E-state index contributed by atoms with van der Waals surface area (Å²) in [4.78, 5) is 13.2. The van der Waals surface area contributed by atoms with E-state index in [4.69, 9.17) is 4.74 Å². The number of rotatable bonds is 4. The molecule has 1 heterocycles. The highest BCUT2D eigenvalue weighted by atomic mass is 16.5. The van der Waals surface area contributed by atoms with Gasteiger partial charge in [-0.25, -0.2) is 0 Å². The van der Waals surface area contributed by atoms with Crippen molar-refractivity contribution in [2.45, 2.75) is 13.3 Å². The van der Waals surface area contributed by atoms with Crippen LogP contribution in [0.3, 0.4) is 0 Å². The summed E-state index contributed by atoms with van der Waals surface area (Å²) in [6, 6.07) is 10.2. The molecule has 0 aliphatic carbocycles. The van der Waals surface area contributed by atoms with Gasteiger partial charge in [0.1, 0.15) is 5.82 Å². The molecule has 136 valence electrons. The fourth-order valence-electron chi connectivity index (χ4n) is 2.89. The molecule has 0 aromatic heterocycles. The van der Waals surface area contributed by atoms with Crippen LogP contribution in [0.15, 0.2) is 42.2 Å². The van der Waals surface area contributed by atoms with Gasteiger partial charge in [-0.1, -0.05) is 29.8 Å². The third-order valence-electron chi connectivity index (χ3n) is 4.31. The SMILES string of the molecule is COc1cc(C(C(=O)c2ccc(C)cc2)=C2NCCCN2)cc(O)c1O. The summed E-state index contributed by atoms with van der Waals surface area (Å²) in [5.41, 5.74) is 2.45. The molecule has 0 spiro atoms. The van der Waals surface area contributed by atoms with Crippen molar-refractivity contribution in [1.29, 1.82) is 0 Å². The largest absolute Gasteiger partial charge is 0.504 e. The quantitative estimate of drug-likeness (QED) is 0.383. The molecule has 6 heteroatoms. The van der Waals surface area contributed by atoms with Gasteiger partial charge in [0, 0.05) is 18.7 Å². The lowest BCUT2D eigenvalue weighted by Crippen LogP contribution is -2.37. The van der Waals surface area contributed by atoms with E-state index in [1.54, 1.807) is 18.2 Å². The molecule has 2 aromatic rings. The predicted molar refractivity (Wildman–Crippen MR) is 99.4 cm³/mol. The standard InChI is InChI=1S/C20H22N2O4/c1-12-4-6-13(7-5-12)18(24)17(20-21-8-3-9-22-20)14-10-15(23)19(25)16(11-14)26-2/h4-7,10-11,21-23,25H,3,8-9H2,1-2H3. The van der Waals surface area contributed by atoms with Crippen molar-refractivity contribution >= 4 is 11.4 Å². The van der Waals surface area contributed by atoms with Crippen molar-refractivity contribution in [1.82, 2.24) is 10.6 Å². The fraction of sp³-hybridized carbons (Fsp3) is 0.250. The highest BCUT2D eigenvalue weighted by Gasteiger charge is 2.23. The molecule has 4 N–H and O–H groups in total. The number of aromatic hydroxyl groups is 2. The van der Waals surface area contributed by atoms with E-state index < -0.39 is 0 Å². The molecule has 1 fully saturated rings. The second kappa shape index (κ2) is 7.39. The maximum atomic E-state index is 13.2. The number of hydrogen-bond donors (Lipinski definition) is 4. The van der Waals surface area contributed by atoms with Gasteiger partial charge in [0.25, 0.3) is 0 Å². The minimum Gasteiger partial charge on any atom is -0.504 e. The second-order valence-corrected chi connectivity index (χ2v) is 6.20. The van der Waals surface area contributed by atoms with E-state index in [1.807, 2.05) is 19.1 Å². The number of aryl methyl sites for hydroxylation is 1. The van der Waals surface area contributed by atoms with E-state index in [1.165, 1.54) is 13.2 Å². The molecule has 3 rings (SSSR count). The number of nitrogens with one attached hydrogen (secondary N) is 2. The van der Waals surface area contributed by atoms with Gasteiger partial charge >= 0.3 is 0 Å². The van der Waals surface area contributed by atoms with Gasteiger partial charge in [0.15, 0.2) is 17.3 Å². The summed E-state index contributed by atoms with van der Waals surface area (Å²) in [6.07, 6.45) is 0.944. The Balaban J connectivity index is 2.15. The lowest BCUT2D eigenvalue weighted by Gasteiger charge is -2.23. The second-order valence-electron chi connectivity index (χ2n) is 6.20. The highest BCUT2D eigenvalue weighted by Crippen LogP contribution is 2.39. The zero-order valence-corrected chi connectivity index (χ0v) is 14.8. The van der Waals surface area contributed by atoms with E-state index >= 15 is 0 Å². The van der Waals surface area contributed by atoms with E-state index in [0.717, 1.165) is 25.1 Å². The van der Waals surface area contributed by atoms with Crippen LogP contribution in [-0.4, -0.2) is 36.2 Å². The van der Waals surface area contributed by atoms with Gasteiger partial charge in [0.05, 0.1) is 12.7 Å². The number of hydrogen-bond acceptors (Lipinski definition) is 6. The molecule has 0 radical (unpaired) electrons. The van der Waals surface area contributed by atoms with E-state index in [0.29, 0.717) is 22.5 Å². The third kappa shape index (κ3) is 3.44. The lowest BCUT2D eigenvalue weighted by atomic mass is 9.95. The molecule has 1 aliphatic rings. The summed E-state index contributed by atoms with van der Waals surface area (Å²) in [6.45, 7) is 3.45. The van der Waals surface area contributed by atoms with Crippen molar-refractivity contribution < 1.29 is 19.7 Å². The number of carbonyl (C=O) groups is 1. The van der Waals surface area contributed by atoms with Gasteiger partial charge in [0.2, 0.25) is 5.75 Å². The van der Waals surface area contributed by atoms with Gasteiger partial charge in [-0.3, -0.25) is 4.79 Å². The number of allylic oxidation sites excluding steroid dienone is 1. The molecule has 6 nitrogen and oxygen atoms in total. The van der Waals surface area contributed by atoms with Crippen LogP contribution >= 0.6 is 0 Å². The first-order chi connectivity index (χ1) is 12.5. The Morgan fingerprint density at radius 1 is 1.04 bits per heavy atom. The van der Waals surface area contributed by atoms with Gasteiger partial charge in [-0.05, 0) is 31.0 Å². The minimum atomic E-state index is -0.354. The number of ketones is 1. The number of carbonyl (C=O) groups excluding carboxylic acids is 1. The fourth-order valence-corrected chi connectivity index (χ4v) is 2.89. The number of phenols is 2. The number of phenolic OH excluding ortho intramolecular Hbond substituents is 2. The number of methoxy groups -OCH3 is 1. The van der Waals surface area contributed by atoms with Crippen molar-refractivity contribution in [2.24, 2.45) is 0 Å². The topological polar surface area (TPSA) is 90.8 Å². The zero-order chi connectivity index (χ0) is 18.7. The molecule has 0 unspecified atom stereocenters. The van der Waals surface area contributed by atoms with E-state index in [9.17, 15) is 15.0 Å². The van der Waals surface area contributed by atoms with Crippen LogP contribution in [0.25, 0.3) is 5.57 Å². The van der Waals surface area contributed by atoms with Crippen LogP contribution < -0.4 is 15.4 Å². The summed E-state index contributed by atoms with van der Waals surface area (Å²) < 4.78 is 5.12. The Labute approximate surface area is 152 Å². The van der Waals surface area contributed by atoms with Crippen LogP contribution in [0, 0.1) is 6.92 Å². The molecule has 0 bridgehead atoms. The molecule has 2 aromatic carbocycles. The summed E-state index contributed by atoms with van der Waals surface area (Å²) >= 11 is 0. The molecular formula is C20H22N2O4. The lowest BCUT2D eigenvalue weighted by molar-refractivity contribution is 0.105. The van der Waals surface area contributed by atoms with Crippen LogP contribution in [0.2, 0.25) is 0 Å². The Morgan fingerprint density at radius 2 is 1.69 bits per heavy atom. The third-order valence-corrected chi connectivity index (χ3v) is 4.31. The highest BCUT2D eigenvalue weighted by molar-refractivity contribution is 6.29. The Hall–Kier alpha value is -3.15. The number of ether oxygens (including phenoxy) is 1. The molecule has 0 atom stereocenters. The van der Waals surface area contributed by atoms with Gasteiger partial charge in [-0.15, -0.1) is 0 Å². The van der Waals surface area contributed by atoms with Crippen LogP contribution in [0.1, 0.15) is 27.9 Å². The molecule has 0 amide bonds. The van der Waals surface area contributed by atoms with Crippen molar-refractivity contribution in [3.63, 3.8) is 0 Å². The average molecular weight is 354 g/mol. The summed E-state index contributed by atoms with van der Waals surface area (Å²) in [5.74, 6) is -0.175. The first kappa shape index (κ1) is 17.7. The van der Waals surface area contributed by atoms with Crippen molar-refractivity contribution in [2.75, 3.05) is 20.2 Å². The maximum absolute atomic E-state index is 13.2. The maximum Gasteiger partial charge on any atom is 0.200 e. The monoisotopic (exact) mass is 354 g/mol. The number of Topliss-reactive ketones (excluding diaryl/α,β-unsaturated/α-hetero) is 1. The smallest absolute Gasteiger partial charge is 0.200 e. The molecular weight excluding hydrogens is 332 g/mol. The van der Waals surface area contributed by atoms with E-state index in [2.05, 4.69) is 10.6 Å². The minimum absolute atomic E-state index is 0.102. The molecule has 26 heavy (non-hydrogen) atoms. The van der Waals surface area contributed by atoms with Crippen LogP contribution in [0.4, 0.5) is 0 Å². The van der Waals surface area contributed by atoms with Gasteiger partial charge < -0.3 is 25.6 Å². The van der Waals surface area contributed by atoms with Crippen molar-refractivity contribution in [3.8, 4) is 17.2 Å².